The molecular formula is C29H44N7O19P3S. The third-order valence-corrected chi connectivity index (χ3v) is 12.5. The molecule has 0 spiro atoms. The van der Waals surface area contributed by atoms with Crippen molar-refractivity contribution in [2.75, 3.05) is 37.8 Å². The third kappa shape index (κ3) is 13.7. The maximum atomic E-state index is 12.7. The number of phosphoric ester groups is 3. The highest BCUT2D eigenvalue weighted by Gasteiger charge is 2.50. The highest BCUT2D eigenvalue weighted by Crippen LogP contribution is 2.61. The number of aliphatic hydroxyl groups is 4. The Morgan fingerprint density at radius 2 is 1.75 bits per heavy atom. The number of nitrogens with zero attached hydrogens (tertiary/aromatic N) is 4. The molecule has 12 N–H and O–H groups in total. The Bertz CT molecular complexity index is 2050. The van der Waals surface area contributed by atoms with E-state index in [4.69, 9.17) is 19.5 Å². The lowest BCUT2D eigenvalue weighted by Gasteiger charge is -2.30. The van der Waals surface area contributed by atoms with Crippen molar-refractivity contribution >= 4 is 69.1 Å². The summed E-state index contributed by atoms with van der Waals surface area (Å²) in [6.45, 7) is 0.185. The number of carbonyl (C=O) groups is 3. The quantitative estimate of drug-likeness (QED) is 0.0490. The summed E-state index contributed by atoms with van der Waals surface area (Å²) in [6, 6.07) is 0. The summed E-state index contributed by atoms with van der Waals surface area (Å²) in [7, 11) is -16.5. The number of phosphoric acid groups is 3. The highest BCUT2D eigenvalue weighted by atomic mass is 32.2. The normalized spacial score (nSPS) is 26.0. The van der Waals surface area contributed by atoms with Crippen molar-refractivity contribution in [3.05, 3.63) is 37.0 Å². The lowest BCUT2D eigenvalue weighted by molar-refractivity contribution is -0.137. The van der Waals surface area contributed by atoms with Crippen LogP contribution in [-0.4, -0.2) is 145 Å². The number of nitrogens with two attached hydrogens (primary N) is 1. The molecule has 2 aromatic rings. The fraction of sp³-hybridized carbons (Fsp3) is 0.586. The van der Waals surface area contributed by atoms with E-state index in [0.717, 1.165) is 29.0 Å². The minimum Gasteiger partial charge on any atom is -0.386 e. The molecule has 1 fully saturated rings. The summed E-state index contributed by atoms with van der Waals surface area (Å²) in [5.74, 6) is -1.44. The van der Waals surface area contributed by atoms with Crippen molar-refractivity contribution in [1.82, 2.24) is 30.2 Å². The molecule has 2 aromatic heterocycles. The summed E-state index contributed by atoms with van der Waals surface area (Å²) in [5, 5.41) is 46.2. The van der Waals surface area contributed by atoms with Gasteiger partial charge in [-0.2, -0.15) is 4.31 Å². The van der Waals surface area contributed by atoms with Crippen molar-refractivity contribution in [2.45, 2.75) is 69.0 Å². The molecule has 4 rings (SSSR count). The van der Waals surface area contributed by atoms with Crippen LogP contribution < -0.4 is 16.4 Å². The highest BCUT2D eigenvalue weighted by molar-refractivity contribution is 8.13. The second-order valence-electron chi connectivity index (χ2n) is 13.6. The monoisotopic (exact) mass is 919 g/mol. The Balaban J connectivity index is 1.21. The fourth-order valence-corrected chi connectivity index (χ4v) is 8.99. The predicted molar refractivity (Wildman–Crippen MR) is 201 cm³/mol. The van der Waals surface area contributed by atoms with E-state index >= 15 is 0 Å². The molecule has 1 aliphatic heterocycles. The molecule has 26 nitrogen and oxygen atoms in total. The molecule has 2 amide bonds. The van der Waals surface area contributed by atoms with Crippen LogP contribution in [0.4, 0.5) is 5.82 Å². The zero-order valence-corrected chi connectivity index (χ0v) is 34.6. The van der Waals surface area contributed by atoms with Gasteiger partial charge in [0.1, 0.15) is 48.0 Å². The number of carbonyl (C=O) groups excluding carboxylic acids is 3. The topological polar surface area (TPSA) is 404 Å². The number of amides is 2. The van der Waals surface area contributed by atoms with Crippen LogP contribution in [0.1, 0.15) is 32.9 Å². The van der Waals surface area contributed by atoms with Gasteiger partial charge < -0.3 is 61.1 Å². The molecule has 1 saturated heterocycles. The van der Waals surface area contributed by atoms with Gasteiger partial charge in [-0.05, 0) is 6.08 Å². The standard InChI is InChI=1S/C29H44N7O19P3S/c1-28(2,23(41)26(42)32-8-6-18(38)31-9-10-59-19(39)11-29(43)7-4-3-5-17(29)37)13-52-58(49,50)55-57(47,48)51-12-16-22(54-56(44,45)46)21(40)27(53-16)36-15-35-20-24(30)33-14-34-25(20)36/h3-5,7,14-17,21-23,27,37,40-41,43H,6,8-13H2,1-2H3,(H,31,38)(H,32,42)(H,47,48)(H,49,50)(H2,30,33,34)(H2,44,45,46)/t16?,17-,21?,22?,23?,27?,29-/m0/s1. The van der Waals surface area contributed by atoms with Gasteiger partial charge in [-0.3, -0.25) is 32.5 Å². The van der Waals surface area contributed by atoms with E-state index < -0.39 is 101 Å². The average Bonchev–Trinajstić information content (AvgIpc) is 3.69. The second-order valence-corrected chi connectivity index (χ2v) is 19.0. The second kappa shape index (κ2) is 19.8. The predicted octanol–water partition coefficient (Wildman–Crippen LogP) is -1.73. The number of anilines is 1. The zero-order chi connectivity index (χ0) is 44.0. The maximum absolute atomic E-state index is 12.7. The Morgan fingerprint density at radius 3 is 2.42 bits per heavy atom. The fourth-order valence-electron chi connectivity index (χ4n) is 5.40. The first kappa shape index (κ1) is 48.6. The Hall–Kier alpha value is -3.04. The average molecular weight is 920 g/mol. The van der Waals surface area contributed by atoms with Crippen LogP contribution in [0, 0.1) is 5.41 Å². The molecular weight excluding hydrogens is 875 g/mol. The van der Waals surface area contributed by atoms with E-state index in [9.17, 15) is 68.1 Å². The zero-order valence-electron chi connectivity index (χ0n) is 31.1. The van der Waals surface area contributed by atoms with Gasteiger partial charge in [0.05, 0.1) is 26.0 Å². The van der Waals surface area contributed by atoms with Gasteiger partial charge in [-0.15, -0.1) is 0 Å². The van der Waals surface area contributed by atoms with Gasteiger partial charge in [0, 0.05) is 30.7 Å². The molecule has 30 heteroatoms. The van der Waals surface area contributed by atoms with Crippen molar-refractivity contribution in [3.63, 3.8) is 0 Å². The van der Waals surface area contributed by atoms with E-state index in [0.29, 0.717) is 0 Å². The van der Waals surface area contributed by atoms with E-state index in [1.807, 2.05) is 0 Å². The van der Waals surface area contributed by atoms with Crippen molar-refractivity contribution in [2.24, 2.45) is 5.41 Å². The number of imidazole rings is 1. The summed E-state index contributed by atoms with van der Waals surface area (Å²) in [5.41, 5.74) is 2.47. The number of fused-ring (bicyclic) bond motifs is 1. The number of aromatic nitrogens is 4. The molecule has 330 valence electrons. The number of nitrogen functional groups attached to an aromatic ring is 1. The van der Waals surface area contributed by atoms with E-state index in [1.165, 1.54) is 38.2 Å². The van der Waals surface area contributed by atoms with Crippen LogP contribution in [0.15, 0.2) is 37.0 Å². The molecule has 2 aliphatic rings. The van der Waals surface area contributed by atoms with Gasteiger partial charge in [0.25, 0.3) is 0 Å². The molecule has 59 heavy (non-hydrogen) atoms. The van der Waals surface area contributed by atoms with Gasteiger partial charge >= 0.3 is 23.5 Å². The number of rotatable bonds is 21. The minimum atomic E-state index is -5.59. The SMILES string of the molecule is CC(C)(COP(=O)(O)OP(=O)(O)OCC1OC(n2cnc3c(N)ncnc32)C(O)C1OP(=O)(O)O)C(O)C(=O)NCCC(=O)NCCSC(=O)C[C@@]1(O)C=CC=C[C@@H]1O. The summed E-state index contributed by atoms with van der Waals surface area (Å²) in [6.07, 6.45) is -3.00. The van der Waals surface area contributed by atoms with Crippen molar-refractivity contribution in [3.8, 4) is 0 Å². The van der Waals surface area contributed by atoms with Gasteiger partial charge in [-0.1, -0.05) is 43.8 Å². The molecule has 1 aliphatic carbocycles. The smallest absolute Gasteiger partial charge is 0.386 e. The minimum absolute atomic E-state index is 0.0197. The number of hydrogen-bond donors (Lipinski definition) is 11. The lowest BCUT2D eigenvalue weighted by Crippen LogP contribution is -2.46. The lowest BCUT2D eigenvalue weighted by atomic mass is 9.87. The number of aliphatic hydroxyl groups excluding tert-OH is 3. The first-order valence-corrected chi connectivity index (χ1v) is 22.6. The van der Waals surface area contributed by atoms with Gasteiger partial charge in [0.2, 0.25) is 11.8 Å². The molecule has 7 unspecified atom stereocenters. The van der Waals surface area contributed by atoms with Gasteiger partial charge in [0.15, 0.2) is 22.8 Å². The van der Waals surface area contributed by atoms with Crippen LogP contribution in [0.5, 0.6) is 0 Å². The van der Waals surface area contributed by atoms with E-state index in [-0.39, 0.29) is 48.7 Å². The Labute approximate surface area is 338 Å². The van der Waals surface area contributed by atoms with Crippen LogP contribution in [0.3, 0.4) is 0 Å². The van der Waals surface area contributed by atoms with Crippen LogP contribution in [0.2, 0.25) is 0 Å². The van der Waals surface area contributed by atoms with Crippen LogP contribution in [0.25, 0.3) is 11.2 Å². The number of hydrogen-bond acceptors (Lipinski definition) is 20. The van der Waals surface area contributed by atoms with Crippen LogP contribution in [-0.2, 0) is 50.7 Å². The Morgan fingerprint density at radius 1 is 1.05 bits per heavy atom. The summed E-state index contributed by atoms with van der Waals surface area (Å²) in [4.78, 5) is 87.9. The largest absolute Gasteiger partial charge is 0.481 e. The summed E-state index contributed by atoms with van der Waals surface area (Å²) < 4.78 is 62.1. The van der Waals surface area contributed by atoms with Crippen molar-refractivity contribution in [1.29, 1.82) is 0 Å². The molecule has 0 saturated carbocycles. The Kier molecular flexibility index (Phi) is 16.3. The van der Waals surface area contributed by atoms with E-state index in [1.54, 1.807) is 0 Å². The summed E-state index contributed by atoms with van der Waals surface area (Å²) >= 11 is 0.835. The molecule has 0 radical (unpaired) electrons. The first-order valence-electron chi connectivity index (χ1n) is 17.1. The number of ether oxygens (including phenoxy) is 1. The molecule has 3 heterocycles. The number of nitrogens with one attached hydrogen (secondary N) is 2. The molecule has 0 bridgehead atoms. The number of thioether (sulfide) groups is 1. The third-order valence-electron chi connectivity index (χ3n) is 8.49. The van der Waals surface area contributed by atoms with E-state index in [2.05, 4.69) is 34.4 Å². The van der Waals surface area contributed by atoms with Crippen LogP contribution >= 0.6 is 35.2 Å². The first-order chi connectivity index (χ1) is 27.3. The maximum Gasteiger partial charge on any atom is 0.481 e. The van der Waals surface area contributed by atoms with Crippen molar-refractivity contribution < 1.29 is 90.7 Å². The van der Waals surface area contributed by atoms with Gasteiger partial charge in [-0.25, -0.2) is 28.6 Å². The molecule has 0 aromatic carbocycles. The number of allylic oxidation sites excluding steroid dienone is 2. The molecule has 9 atom stereocenters.